The van der Waals surface area contributed by atoms with Gasteiger partial charge in [-0.3, -0.25) is 4.79 Å². The van der Waals surface area contributed by atoms with E-state index in [1.807, 2.05) is 0 Å². The highest BCUT2D eigenvalue weighted by molar-refractivity contribution is 5.73. The van der Waals surface area contributed by atoms with E-state index in [-0.39, 0.29) is 13.0 Å². The van der Waals surface area contributed by atoms with Crippen molar-refractivity contribution in [2.75, 3.05) is 5.73 Å². The molecule has 7 nitrogen and oxygen atoms in total. The van der Waals surface area contributed by atoms with Gasteiger partial charge < -0.3 is 25.6 Å². The number of nitrogens with two attached hydrogens (primary N) is 1. The first kappa shape index (κ1) is 22.8. The van der Waals surface area contributed by atoms with E-state index in [4.69, 9.17) is 15.2 Å². The molecule has 0 spiro atoms. The summed E-state index contributed by atoms with van der Waals surface area (Å²) in [6.45, 7) is 10.5. The molecule has 0 aliphatic heterocycles. The average molecular weight is 380 g/mol. The maximum absolute atomic E-state index is 12.2. The van der Waals surface area contributed by atoms with Gasteiger partial charge in [0, 0.05) is 11.7 Å². The van der Waals surface area contributed by atoms with Crippen molar-refractivity contribution in [1.82, 2.24) is 5.32 Å². The first-order valence-electron chi connectivity index (χ1n) is 8.98. The van der Waals surface area contributed by atoms with E-state index in [0.29, 0.717) is 17.7 Å². The van der Waals surface area contributed by atoms with Crippen LogP contribution in [-0.4, -0.2) is 34.4 Å². The summed E-state index contributed by atoms with van der Waals surface area (Å²) in [5.41, 5.74) is 6.69. The summed E-state index contributed by atoms with van der Waals surface area (Å²) in [4.78, 5) is 24.4. The highest BCUT2D eigenvalue weighted by atomic mass is 16.6. The predicted molar refractivity (Wildman–Crippen MR) is 104 cm³/mol. The van der Waals surface area contributed by atoms with Gasteiger partial charge in [0.2, 0.25) is 0 Å². The van der Waals surface area contributed by atoms with Gasteiger partial charge in [-0.15, -0.1) is 0 Å². The van der Waals surface area contributed by atoms with Gasteiger partial charge in [-0.1, -0.05) is 12.1 Å². The summed E-state index contributed by atoms with van der Waals surface area (Å²) >= 11 is 0. The van der Waals surface area contributed by atoms with E-state index in [1.54, 1.807) is 59.7 Å². The highest BCUT2D eigenvalue weighted by Crippen LogP contribution is 2.19. The lowest BCUT2D eigenvalue weighted by molar-refractivity contribution is -0.155. The maximum atomic E-state index is 12.2. The van der Waals surface area contributed by atoms with E-state index >= 15 is 0 Å². The molecule has 0 saturated carbocycles. The van der Waals surface area contributed by atoms with E-state index in [9.17, 15) is 14.7 Å². The minimum atomic E-state index is -0.656. The smallest absolute Gasteiger partial charge is 0.407 e. The molecule has 1 rings (SSSR count). The third-order valence-electron chi connectivity index (χ3n) is 3.41. The van der Waals surface area contributed by atoms with Crippen molar-refractivity contribution in [3.05, 3.63) is 29.3 Å². The number of rotatable bonds is 6. The second-order valence-electron chi connectivity index (χ2n) is 8.53. The molecule has 0 fully saturated rings. The molecule has 4 N–H and O–H groups in total. The molecule has 0 aliphatic rings. The lowest BCUT2D eigenvalue weighted by atomic mass is 9.99. The molecular weight excluding hydrogens is 348 g/mol. The molecule has 1 atom stereocenters. The quantitative estimate of drug-likeness (QED) is 0.517. The molecule has 7 heteroatoms. The second kappa shape index (κ2) is 9.08. The fourth-order valence-electron chi connectivity index (χ4n) is 2.43. The van der Waals surface area contributed by atoms with Crippen molar-refractivity contribution in [3.63, 3.8) is 0 Å². The van der Waals surface area contributed by atoms with Crippen molar-refractivity contribution in [1.29, 1.82) is 0 Å². The van der Waals surface area contributed by atoms with Crippen LogP contribution in [-0.2, 0) is 27.3 Å². The number of nitrogen functional groups attached to an aromatic ring is 1. The number of ether oxygens (including phenoxy) is 2. The third kappa shape index (κ3) is 9.28. The first-order chi connectivity index (χ1) is 12.3. The van der Waals surface area contributed by atoms with Gasteiger partial charge in [0.1, 0.15) is 11.2 Å². The van der Waals surface area contributed by atoms with E-state index in [2.05, 4.69) is 5.32 Å². The Balaban J connectivity index is 2.96. The van der Waals surface area contributed by atoms with E-state index in [0.717, 1.165) is 5.56 Å². The summed E-state index contributed by atoms with van der Waals surface area (Å²) in [5.74, 6) is -0.430. The van der Waals surface area contributed by atoms with Gasteiger partial charge in [0.05, 0.1) is 13.0 Å². The van der Waals surface area contributed by atoms with Crippen molar-refractivity contribution >= 4 is 17.7 Å². The molecule has 1 unspecified atom stereocenters. The Morgan fingerprint density at radius 3 is 2.22 bits per heavy atom. The van der Waals surface area contributed by atoms with Crippen LogP contribution in [0.2, 0.25) is 0 Å². The second-order valence-corrected chi connectivity index (χ2v) is 8.53. The van der Waals surface area contributed by atoms with Crippen LogP contribution >= 0.6 is 0 Å². The minimum Gasteiger partial charge on any atom is -0.460 e. The van der Waals surface area contributed by atoms with Gasteiger partial charge in [-0.2, -0.15) is 0 Å². The normalized spacial score (nSPS) is 13.0. The van der Waals surface area contributed by atoms with Gasteiger partial charge >= 0.3 is 12.1 Å². The lowest BCUT2D eigenvalue weighted by Gasteiger charge is -2.25. The number of aliphatic hydroxyl groups is 1. The van der Waals surface area contributed by atoms with Crippen LogP contribution in [0.15, 0.2) is 18.2 Å². The molecule has 0 aliphatic carbocycles. The standard InChI is InChI=1S/C20H32N2O5/c1-19(2,3)26-17(24)11-15(22-18(25)27-20(4,5)6)10-14-9-13(12-23)7-8-16(14)21/h7-9,15,23H,10-12,21H2,1-6H3,(H,22,25). The number of carbonyl (C=O) groups is 2. The Kier molecular flexibility index (Phi) is 7.65. The molecule has 1 aromatic carbocycles. The molecule has 152 valence electrons. The topological polar surface area (TPSA) is 111 Å². The zero-order chi connectivity index (χ0) is 20.8. The number of benzene rings is 1. The van der Waals surface area contributed by atoms with Crippen LogP contribution in [0.1, 0.15) is 59.1 Å². The number of nitrogens with one attached hydrogen (secondary N) is 1. The molecule has 1 amide bonds. The van der Waals surface area contributed by atoms with Crippen LogP contribution in [0.4, 0.5) is 10.5 Å². The summed E-state index contributed by atoms with van der Waals surface area (Å²) in [6, 6.07) is 4.61. The monoisotopic (exact) mass is 380 g/mol. The predicted octanol–water partition coefficient (Wildman–Crippen LogP) is 2.93. The minimum absolute atomic E-state index is 0.0285. The van der Waals surface area contributed by atoms with Crippen molar-refractivity contribution in [3.8, 4) is 0 Å². The Morgan fingerprint density at radius 2 is 1.70 bits per heavy atom. The van der Waals surface area contributed by atoms with Crippen LogP contribution in [0.25, 0.3) is 0 Å². The molecule has 0 radical (unpaired) electrons. The fraction of sp³-hybridized carbons (Fsp3) is 0.600. The molecule has 0 aromatic heterocycles. The van der Waals surface area contributed by atoms with Crippen molar-refractivity contribution < 1.29 is 24.2 Å². The number of carbonyl (C=O) groups excluding carboxylic acids is 2. The molecule has 0 heterocycles. The average Bonchev–Trinajstić information content (AvgIpc) is 2.45. The summed E-state index contributed by atoms with van der Waals surface area (Å²) < 4.78 is 10.7. The third-order valence-corrected chi connectivity index (χ3v) is 3.41. The first-order valence-corrected chi connectivity index (χ1v) is 8.98. The number of hydrogen-bond donors (Lipinski definition) is 3. The Hall–Kier alpha value is -2.28. The maximum Gasteiger partial charge on any atom is 0.407 e. The summed E-state index contributed by atoms with van der Waals surface area (Å²) in [5, 5.41) is 12.1. The molecule has 0 saturated heterocycles. The molecular formula is C20H32N2O5. The zero-order valence-corrected chi connectivity index (χ0v) is 17.1. The highest BCUT2D eigenvalue weighted by Gasteiger charge is 2.25. The Morgan fingerprint density at radius 1 is 1.11 bits per heavy atom. The van der Waals surface area contributed by atoms with E-state index < -0.39 is 29.3 Å². The summed E-state index contributed by atoms with van der Waals surface area (Å²) in [6.07, 6.45) is -0.342. The zero-order valence-electron chi connectivity index (χ0n) is 17.1. The van der Waals surface area contributed by atoms with Crippen LogP contribution in [0.5, 0.6) is 0 Å². The van der Waals surface area contributed by atoms with Crippen LogP contribution < -0.4 is 11.1 Å². The number of hydrogen-bond acceptors (Lipinski definition) is 6. The van der Waals surface area contributed by atoms with E-state index in [1.165, 1.54) is 0 Å². The van der Waals surface area contributed by atoms with Gasteiger partial charge in [-0.25, -0.2) is 4.79 Å². The Bertz CT molecular complexity index is 629. The fourth-order valence-corrected chi connectivity index (χ4v) is 2.43. The van der Waals surface area contributed by atoms with Crippen molar-refractivity contribution in [2.24, 2.45) is 0 Å². The molecule has 1 aromatic rings. The van der Waals surface area contributed by atoms with Gasteiger partial charge in [0.15, 0.2) is 0 Å². The van der Waals surface area contributed by atoms with Crippen molar-refractivity contribution in [2.45, 2.75) is 78.2 Å². The number of alkyl carbamates (subject to hydrolysis) is 1. The molecule has 27 heavy (non-hydrogen) atoms. The number of anilines is 1. The number of aliphatic hydroxyl groups excluding tert-OH is 1. The molecule has 0 bridgehead atoms. The number of esters is 1. The largest absolute Gasteiger partial charge is 0.460 e. The lowest BCUT2D eigenvalue weighted by Crippen LogP contribution is -2.42. The SMILES string of the molecule is CC(C)(C)OC(=O)CC(Cc1cc(CO)ccc1N)NC(=O)OC(C)(C)C. The number of amides is 1. The summed E-state index contributed by atoms with van der Waals surface area (Å²) in [7, 11) is 0. The van der Waals surface area contributed by atoms with Gasteiger partial charge in [0.25, 0.3) is 0 Å². The Labute approximate surface area is 161 Å². The van der Waals surface area contributed by atoms with Crippen LogP contribution in [0.3, 0.4) is 0 Å². The van der Waals surface area contributed by atoms with Crippen LogP contribution in [0, 0.1) is 0 Å². The van der Waals surface area contributed by atoms with Gasteiger partial charge in [-0.05, 0) is 65.2 Å².